The zero-order valence-corrected chi connectivity index (χ0v) is 11.7. The fourth-order valence-corrected chi connectivity index (χ4v) is 2.33. The average molecular weight is 320 g/mol. The maximum atomic E-state index is 12.2. The Morgan fingerprint density at radius 2 is 1.91 bits per heavy atom. The molecule has 3 rings (SSSR count). The van der Waals surface area contributed by atoms with Crippen LogP contribution >= 0.6 is 0 Å². The summed E-state index contributed by atoms with van der Waals surface area (Å²) in [6.07, 6.45) is -1.88. The van der Waals surface area contributed by atoms with Gasteiger partial charge in [0.2, 0.25) is 0 Å². The Labute approximate surface area is 129 Å². The summed E-state index contributed by atoms with van der Waals surface area (Å²) < 4.78 is 45.8. The van der Waals surface area contributed by atoms with Gasteiger partial charge in [-0.25, -0.2) is 4.98 Å². The Hall–Kier alpha value is -2.96. The van der Waals surface area contributed by atoms with E-state index < -0.39 is 6.36 Å². The maximum Gasteiger partial charge on any atom is 0.573 e. The lowest BCUT2D eigenvalue weighted by atomic mass is 10.00. The third kappa shape index (κ3) is 2.85. The van der Waals surface area contributed by atoms with E-state index >= 15 is 0 Å². The number of rotatable bonds is 3. The zero-order valence-electron chi connectivity index (χ0n) is 11.7. The van der Waals surface area contributed by atoms with Gasteiger partial charge in [0.1, 0.15) is 11.3 Å². The molecule has 0 aliphatic heterocycles. The lowest BCUT2D eigenvalue weighted by Gasteiger charge is -2.10. The molecule has 4 nitrogen and oxygen atoms in total. The van der Waals surface area contributed by atoms with Gasteiger partial charge in [0, 0.05) is 16.8 Å². The smallest absolute Gasteiger partial charge is 0.443 e. The minimum absolute atomic E-state index is 0.298. The Morgan fingerprint density at radius 1 is 1.22 bits per heavy atom. The van der Waals surface area contributed by atoms with Gasteiger partial charge in [0.05, 0.1) is 0 Å². The van der Waals surface area contributed by atoms with Gasteiger partial charge in [-0.1, -0.05) is 24.8 Å². The molecule has 1 aromatic heterocycles. The third-order valence-electron chi connectivity index (χ3n) is 3.28. The third-order valence-corrected chi connectivity index (χ3v) is 3.28. The molecule has 3 aromatic rings. The van der Waals surface area contributed by atoms with E-state index in [1.807, 2.05) is 0 Å². The van der Waals surface area contributed by atoms with Crippen LogP contribution < -0.4 is 10.5 Å². The van der Waals surface area contributed by atoms with Crippen LogP contribution in [-0.4, -0.2) is 11.3 Å². The number of ether oxygens (including phenoxy) is 1. The monoisotopic (exact) mass is 320 g/mol. The van der Waals surface area contributed by atoms with E-state index in [4.69, 9.17) is 10.2 Å². The highest BCUT2D eigenvalue weighted by molar-refractivity contribution is 5.99. The van der Waals surface area contributed by atoms with Crippen molar-refractivity contribution in [1.29, 1.82) is 0 Å². The van der Waals surface area contributed by atoms with Gasteiger partial charge >= 0.3 is 6.36 Å². The van der Waals surface area contributed by atoms with Crippen molar-refractivity contribution in [3.05, 3.63) is 48.9 Å². The van der Waals surface area contributed by atoms with Gasteiger partial charge in [0.15, 0.2) is 12.0 Å². The molecular formula is C16H11F3N2O2. The van der Waals surface area contributed by atoms with Crippen molar-refractivity contribution in [2.75, 3.05) is 5.73 Å². The number of hydrogen-bond donors (Lipinski definition) is 1. The summed E-state index contributed by atoms with van der Waals surface area (Å²) in [4.78, 5) is 4.15. The van der Waals surface area contributed by atoms with Crippen molar-refractivity contribution >= 4 is 22.9 Å². The van der Waals surface area contributed by atoms with Crippen LogP contribution in [0.5, 0.6) is 5.75 Å². The molecule has 0 unspecified atom stereocenters. The predicted molar refractivity (Wildman–Crippen MR) is 80.6 cm³/mol. The minimum atomic E-state index is -4.73. The van der Waals surface area contributed by atoms with Crippen LogP contribution in [0.2, 0.25) is 0 Å². The number of nitrogens with two attached hydrogens (primary N) is 1. The first kappa shape index (κ1) is 15.0. The number of benzene rings is 2. The average Bonchev–Trinajstić information content (AvgIpc) is 2.95. The summed E-state index contributed by atoms with van der Waals surface area (Å²) in [6, 6.07) is 7.13. The molecule has 7 heteroatoms. The van der Waals surface area contributed by atoms with Crippen LogP contribution in [0.4, 0.5) is 18.9 Å². The summed E-state index contributed by atoms with van der Waals surface area (Å²) >= 11 is 0. The Kier molecular flexibility index (Phi) is 3.48. The standard InChI is InChI=1S/C16H11F3N2O2/c1-2-11-13(20)7-12(14-15(11)22-8-21-14)9-3-5-10(6-4-9)23-16(17,18)19/h2-8H,1,20H2. The largest absolute Gasteiger partial charge is 0.573 e. The molecule has 0 saturated carbocycles. The lowest BCUT2D eigenvalue weighted by Crippen LogP contribution is -2.16. The number of nitrogen functional groups attached to an aromatic ring is 1. The van der Waals surface area contributed by atoms with Gasteiger partial charge in [-0.3, -0.25) is 0 Å². The molecule has 0 saturated heterocycles. The maximum absolute atomic E-state index is 12.2. The van der Waals surface area contributed by atoms with Gasteiger partial charge in [-0.05, 0) is 23.8 Å². The molecule has 0 radical (unpaired) electrons. The fourth-order valence-electron chi connectivity index (χ4n) is 2.33. The number of fused-ring (bicyclic) bond motifs is 1. The zero-order chi connectivity index (χ0) is 16.6. The van der Waals surface area contributed by atoms with Crippen LogP contribution in [0, 0.1) is 0 Å². The topological polar surface area (TPSA) is 61.3 Å². The molecule has 2 aromatic carbocycles. The highest BCUT2D eigenvalue weighted by Gasteiger charge is 2.31. The van der Waals surface area contributed by atoms with Crippen LogP contribution in [0.1, 0.15) is 5.56 Å². The number of oxazole rings is 1. The first-order valence-electron chi connectivity index (χ1n) is 6.53. The number of alkyl halides is 3. The Balaban J connectivity index is 2.07. The van der Waals surface area contributed by atoms with E-state index in [2.05, 4.69) is 16.3 Å². The van der Waals surface area contributed by atoms with E-state index in [0.717, 1.165) is 0 Å². The summed E-state index contributed by atoms with van der Waals surface area (Å²) in [7, 11) is 0. The Morgan fingerprint density at radius 3 is 2.52 bits per heavy atom. The van der Waals surface area contributed by atoms with Gasteiger partial charge < -0.3 is 14.9 Å². The van der Waals surface area contributed by atoms with E-state index in [9.17, 15) is 13.2 Å². The number of hydrogen-bond acceptors (Lipinski definition) is 4. The molecule has 0 atom stereocenters. The molecule has 0 bridgehead atoms. The molecule has 2 N–H and O–H groups in total. The van der Waals surface area contributed by atoms with E-state index in [-0.39, 0.29) is 5.75 Å². The molecule has 118 valence electrons. The highest BCUT2D eigenvalue weighted by atomic mass is 19.4. The van der Waals surface area contributed by atoms with Crippen molar-refractivity contribution in [2.24, 2.45) is 0 Å². The number of halogens is 3. The molecule has 0 amide bonds. The Bertz CT molecular complexity index is 867. The molecule has 0 aliphatic carbocycles. The second-order valence-electron chi connectivity index (χ2n) is 4.73. The number of nitrogens with zero attached hydrogens (tertiary/aromatic N) is 1. The highest BCUT2D eigenvalue weighted by Crippen LogP contribution is 2.35. The van der Waals surface area contributed by atoms with E-state index in [1.54, 1.807) is 12.1 Å². The van der Waals surface area contributed by atoms with Gasteiger partial charge in [-0.15, -0.1) is 13.2 Å². The van der Waals surface area contributed by atoms with Crippen LogP contribution in [0.3, 0.4) is 0 Å². The summed E-state index contributed by atoms with van der Waals surface area (Å²) in [5, 5.41) is 0. The SMILES string of the molecule is C=Cc1c(N)cc(-c2ccc(OC(F)(F)F)cc2)c2ncoc12. The molecule has 0 aliphatic rings. The van der Waals surface area contributed by atoms with Crippen LogP contribution in [0.25, 0.3) is 28.3 Å². The second kappa shape index (κ2) is 5.35. The van der Waals surface area contributed by atoms with E-state index in [1.165, 1.54) is 30.7 Å². The molecule has 0 spiro atoms. The van der Waals surface area contributed by atoms with Crippen molar-refractivity contribution < 1.29 is 22.3 Å². The molecule has 1 heterocycles. The predicted octanol–water partition coefficient (Wildman–Crippen LogP) is 4.62. The minimum Gasteiger partial charge on any atom is -0.443 e. The first-order valence-corrected chi connectivity index (χ1v) is 6.53. The second-order valence-corrected chi connectivity index (χ2v) is 4.73. The van der Waals surface area contributed by atoms with Crippen LogP contribution in [-0.2, 0) is 0 Å². The molecule has 0 fully saturated rings. The normalized spacial score (nSPS) is 11.6. The quantitative estimate of drug-likeness (QED) is 0.715. The van der Waals surface area contributed by atoms with Crippen molar-refractivity contribution in [3.8, 4) is 16.9 Å². The molecular weight excluding hydrogens is 309 g/mol. The summed E-state index contributed by atoms with van der Waals surface area (Å²) in [5.74, 6) is -0.298. The number of aromatic nitrogens is 1. The number of anilines is 1. The van der Waals surface area contributed by atoms with Crippen molar-refractivity contribution in [3.63, 3.8) is 0 Å². The van der Waals surface area contributed by atoms with E-state index in [0.29, 0.717) is 33.5 Å². The van der Waals surface area contributed by atoms with Crippen molar-refractivity contribution in [1.82, 2.24) is 4.98 Å². The van der Waals surface area contributed by atoms with Gasteiger partial charge in [-0.2, -0.15) is 0 Å². The first-order chi connectivity index (χ1) is 10.9. The summed E-state index contributed by atoms with van der Waals surface area (Å²) in [5.41, 5.74) is 9.36. The van der Waals surface area contributed by atoms with Gasteiger partial charge in [0.25, 0.3) is 0 Å². The fraction of sp³-hybridized carbons (Fsp3) is 0.0625. The van der Waals surface area contributed by atoms with Crippen molar-refractivity contribution in [2.45, 2.75) is 6.36 Å². The van der Waals surface area contributed by atoms with Crippen LogP contribution in [0.15, 0.2) is 47.7 Å². The lowest BCUT2D eigenvalue weighted by molar-refractivity contribution is -0.274. The molecule has 23 heavy (non-hydrogen) atoms. The summed E-state index contributed by atoms with van der Waals surface area (Å²) in [6.45, 7) is 3.68.